The normalized spacial score (nSPS) is 17.7. The fraction of sp³-hybridized carbons (Fsp3) is 0.0909. The van der Waals surface area contributed by atoms with E-state index in [1.165, 1.54) is 30.6 Å². The number of aliphatic hydroxyl groups is 1. The highest BCUT2D eigenvalue weighted by Gasteiger charge is 2.48. The van der Waals surface area contributed by atoms with Crippen LogP contribution in [0.15, 0.2) is 72.6 Å². The summed E-state index contributed by atoms with van der Waals surface area (Å²) in [5.74, 6) is -2.30. The quantitative estimate of drug-likeness (QED) is 0.227. The number of hydrogen-bond acceptors (Lipinski definition) is 7. The molecule has 1 saturated heterocycles. The second-order valence-electron chi connectivity index (χ2n) is 6.94. The molecule has 9 heteroatoms. The molecule has 1 aliphatic rings. The zero-order valence-electron chi connectivity index (χ0n) is 16.3. The number of rotatable bonds is 4. The third kappa shape index (κ3) is 3.52. The molecule has 1 fully saturated rings. The van der Waals surface area contributed by atoms with Crippen LogP contribution in [0.4, 0.5) is 11.6 Å². The van der Waals surface area contributed by atoms with E-state index in [0.29, 0.717) is 5.56 Å². The van der Waals surface area contributed by atoms with Crippen LogP contribution >= 0.6 is 0 Å². The maximum absolute atomic E-state index is 13.0. The number of ketones is 1. The molecule has 0 spiro atoms. The number of aromatic nitrogens is 2. The predicted octanol–water partition coefficient (Wildman–Crippen LogP) is 3.32. The number of benzene rings is 2. The van der Waals surface area contributed by atoms with E-state index < -0.39 is 22.7 Å². The van der Waals surface area contributed by atoms with Gasteiger partial charge in [0.2, 0.25) is 5.95 Å². The van der Waals surface area contributed by atoms with E-state index in [2.05, 4.69) is 9.97 Å². The highest BCUT2D eigenvalue weighted by molar-refractivity contribution is 6.51. The van der Waals surface area contributed by atoms with Gasteiger partial charge in [-0.2, -0.15) is 0 Å². The maximum Gasteiger partial charge on any atom is 0.302 e. The van der Waals surface area contributed by atoms with Crippen molar-refractivity contribution in [2.75, 3.05) is 4.90 Å². The number of carbonyl (C=O) groups excluding carboxylic acids is 2. The molecule has 31 heavy (non-hydrogen) atoms. The van der Waals surface area contributed by atoms with E-state index in [0.717, 1.165) is 10.5 Å². The molecule has 0 aliphatic carbocycles. The molecule has 4 rings (SSSR count). The van der Waals surface area contributed by atoms with Gasteiger partial charge in [0.25, 0.3) is 11.5 Å². The summed E-state index contributed by atoms with van der Waals surface area (Å²) in [7, 11) is 0. The van der Waals surface area contributed by atoms with Gasteiger partial charge in [-0.15, -0.1) is 0 Å². The molecule has 154 valence electrons. The van der Waals surface area contributed by atoms with Crippen LogP contribution in [0.1, 0.15) is 22.7 Å². The lowest BCUT2D eigenvalue weighted by Gasteiger charge is -2.23. The second kappa shape index (κ2) is 7.79. The zero-order valence-corrected chi connectivity index (χ0v) is 16.3. The summed E-state index contributed by atoms with van der Waals surface area (Å²) < 4.78 is 0. The largest absolute Gasteiger partial charge is 0.507 e. The molecule has 9 nitrogen and oxygen atoms in total. The Morgan fingerprint density at radius 3 is 2.39 bits per heavy atom. The Balaban J connectivity index is 1.96. The highest BCUT2D eigenvalue weighted by Crippen LogP contribution is 2.41. The summed E-state index contributed by atoms with van der Waals surface area (Å²) in [4.78, 5) is 45.8. The first-order chi connectivity index (χ1) is 14.9. The number of aryl methyl sites for hydroxylation is 1. The smallest absolute Gasteiger partial charge is 0.302 e. The van der Waals surface area contributed by atoms with Gasteiger partial charge in [0.05, 0.1) is 16.5 Å². The summed E-state index contributed by atoms with van der Waals surface area (Å²) in [5, 5.41) is 22.3. The molecule has 1 aliphatic heterocycles. The van der Waals surface area contributed by atoms with E-state index >= 15 is 0 Å². The van der Waals surface area contributed by atoms with Crippen LogP contribution in [0.2, 0.25) is 0 Å². The summed E-state index contributed by atoms with van der Waals surface area (Å²) in [6.45, 7) is 1.87. The fourth-order valence-electron chi connectivity index (χ4n) is 3.45. The Bertz CT molecular complexity index is 1220. The average molecular weight is 416 g/mol. The van der Waals surface area contributed by atoms with Gasteiger partial charge >= 0.3 is 5.91 Å². The number of amides is 1. The summed E-state index contributed by atoms with van der Waals surface area (Å²) >= 11 is 0. The second-order valence-corrected chi connectivity index (χ2v) is 6.94. The monoisotopic (exact) mass is 416 g/mol. The van der Waals surface area contributed by atoms with Gasteiger partial charge < -0.3 is 5.11 Å². The van der Waals surface area contributed by atoms with Crippen LogP contribution in [-0.2, 0) is 9.59 Å². The van der Waals surface area contributed by atoms with Crippen molar-refractivity contribution in [3.63, 3.8) is 0 Å². The van der Waals surface area contributed by atoms with Crippen molar-refractivity contribution in [1.82, 2.24) is 9.97 Å². The highest BCUT2D eigenvalue weighted by atomic mass is 16.6. The maximum atomic E-state index is 13.0. The third-order valence-corrected chi connectivity index (χ3v) is 4.93. The zero-order chi connectivity index (χ0) is 22.1. The molecule has 1 N–H and O–H groups in total. The molecule has 1 aromatic heterocycles. The van der Waals surface area contributed by atoms with Gasteiger partial charge in [0.15, 0.2) is 0 Å². The van der Waals surface area contributed by atoms with E-state index in [1.54, 1.807) is 36.4 Å². The lowest BCUT2D eigenvalue weighted by molar-refractivity contribution is -0.384. The molecule has 1 atom stereocenters. The lowest BCUT2D eigenvalue weighted by Crippen LogP contribution is -2.31. The number of anilines is 1. The Labute approximate surface area is 176 Å². The van der Waals surface area contributed by atoms with Crippen LogP contribution in [0.25, 0.3) is 5.76 Å². The first-order valence-electron chi connectivity index (χ1n) is 9.28. The minimum Gasteiger partial charge on any atom is -0.507 e. The number of carbonyl (C=O) groups is 2. The number of hydrogen-bond donors (Lipinski definition) is 1. The molecule has 0 saturated carbocycles. The summed E-state index contributed by atoms with van der Waals surface area (Å²) in [6, 6.07) is 12.7. The lowest BCUT2D eigenvalue weighted by atomic mass is 9.95. The van der Waals surface area contributed by atoms with Crippen molar-refractivity contribution >= 4 is 29.1 Å². The Hall–Kier alpha value is -4.40. The number of non-ortho nitro benzene ring substituents is 1. The number of nitro groups is 1. The minimum atomic E-state index is -1.14. The molecule has 0 bridgehead atoms. The third-order valence-electron chi connectivity index (χ3n) is 4.93. The van der Waals surface area contributed by atoms with Crippen LogP contribution in [-0.4, -0.2) is 31.7 Å². The number of aliphatic hydroxyl groups excluding tert-OH is 1. The van der Waals surface area contributed by atoms with Gasteiger partial charge in [-0.25, -0.2) is 9.97 Å². The molecule has 2 aromatic carbocycles. The SMILES string of the molecule is Cc1ccc(C(O)=C2C(=O)C(=O)N(c3ncccn3)[C@@H]2c2cccc([N+](=O)[O-])c2)cc1. The molecule has 1 amide bonds. The minimum absolute atomic E-state index is 0.0518. The molecule has 2 heterocycles. The van der Waals surface area contributed by atoms with Crippen LogP contribution in [0.3, 0.4) is 0 Å². The van der Waals surface area contributed by atoms with Crippen LogP contribution < -0.4 is 4.90 Å². The average Bonchev–Trinajstić information content (AvgIpc) is 3.05. The molecular formula is C22H16N4O5. The van der Waals surface area contributed by atoms with Crippen molar-refractivity contribution in [3.8, 4) is 0 Å². The fourth-order valence-corrected chi connectivity index (χ4v) is 3.45. The molecule has 0 unspecified atom stereocenters. The summed E-state index contributed by atoms with van der Waals surface area (Å²) in [5.41, 5.74) is 1.15. The van der Waals surface area contributed by atoms with Gasteiger partial charge in [0.1, 0.15) is 5.76 Å². The number of Topliss-reactive ketones (excluding diaryl/α,β-unsaturated/α-hetero) is 1. The van der Waals surface area contributed by atoms with Gasteiger partial charge in [0, 0.05) is 30.1 Å². The van der Waals surface area contributed by atoms with Gasteiger partial charge in [-0.3, -0.25) is 24.6 Å². The topological polar surface area (TPSA) is 127 Å². The molecule has 0 radical (unpaired) electrons. The molecular weight excluding hydrogens is 400 g/mol. The van der Waals surface area contributed by atoms with Gasteiger partial charge in [-0.1, -0.05) is 42.0 Å². The van der Waals surface area contributed by atoms with E-state index in [9.17, 15) is 24.8 Å². The van der Waals surface area contributed by atoms with Crippen LogP contribution in [0, 0.1) is 17.0 Å². The van der Waals surface area contributed by atoms with Crippen LogP contribution in [0.5, 0.6) is 0 Å². The number of nitro benzene ring substituents is 1. The van der Waals surface area contributed by atoms with Crippen molar-refractivity contribution in [1.29, 1.82) is 0 Å². The standard InChI is InChI=1S/C22H16N4O5/c1-13-6-8-14(9-7-13)19(27)17-18(15-4-2-5-16(12-15)26(30)31)25(21(29)20(17)28)22-23-10-3-11-24-22/h2-12,18,27H,1H3/t18-/m1/s1. The first kappa shape index (κ1) is 19.9. The van der Waals surface area contributed by atoms with Crippen molar-refractivity contribution < 1.29 is 19.6 Å². The predicted molar refractivity (Wildman–Crippen MR) is 111 cm³/mol. The Morgan fingerprint density at radius 1 is 1.06 bits per heavy atom. The number of nitrogens with zero attached hydrogens (tertiary/aromatic N) is 4. The summed E-state index contributed by atoms with van der Waals surface area (Å²) in [6.07, 6.45) is 2.82. The van der Waals surface area contributed by atoms with E-state index in [4.69, 9.17) is 0 Å². The van der Waals surface area contributed by atoms with Crippen molar-refractivity contribution in [2.24, 2.45) is 0 Å². The molecule has 3 aromatic rings. The van der Waals surface area contributed by atoms with E-state index in [1.807, 2.05) is 6.92 Å². The van der Waals surface area contributed by atoms with Crippen molar-refractivity contribution in [2.45, 2.75) is 13.0 Å². The van der Waals surface area contributed by atoms with Crippen molar-refractivity contribution in [3.05, 3.63) is 99.4 Å². The van der Waals surface area contributed by atoms with E-state index in [-0.39, 0.29) is 28.5 Å². The first-order valence-corrected chi connectivity index (χ1v) is 9.28. The Morgan fingerprint density at radius 2 is 1.74 bits per heavy atom. The van der Waals surface area contributed by atoms with Gasteiger partial charge in [-0.05, 0) is 18.6 Å². The Kier molecular flexibility index (Phi) is 5.00.